The van der Waals surface area contributed by atoms with Gasteiger partial charge in [-0.05, 0) is 11.1 Å². The fourth-order valence-electron chi connectivity index (χ4n) is 2.62. The maximum Gasteiger partial charge on any atom is 0.104 e. The predicted molar refractivity (Wildman–Crippen MR) is 131 cm³/mol. The summed E-state index contributed by atoms with van der Waals surface area (Å²) in [7, 11) is 6.60. The van der Waals surface area contributed by atoms with Gasteiger partial charge in [-0.2, -0.15) is 0 Å². The van der Waals surface area contributed by atoms with Crippen LogP contribution in [-0.2, 0) is 35.2 Å². The molecule has 3 aromatic carbocycles. The maximum atomic E-state index is 12.1. The normalized spacial score (nSPS) is 13.1. The van der Waals surface area contributed by atoms with Crippen LogP contribution in [0.4, 0.5) is 0 Å². The zero-order valence-electron chi connectivity index (χ0n) is 17.8. The van der Waals surface area contributed by atoms with Crippen LogP contribution in [-0.4, -0.2) is 25.6 Å². The molecule has 3 rings (SSSR count). The van der Waals surface area contributed by atoms with Crippen molar-refractivity contribution < 1.29 is 13.9 Å². The first-order valence-corrected chi connectivity index (χ1v) is 14.0. The lowest BCUT2D eigenvalue weighted by Gasteiger charge is -2.26. The number of rotatable bonds is 8. The molecule has 1 atom stereocenters. The predicted octanol–water partition coefficient (Wildman–Crippen LogP) is 5.61. The Balaban J connectivity index is 0.000000248. The molecule has 0 spiro atoms. The van der Waals surface area contributed by atoms with Gasteiger partial charge in [0.2, 0.25) is 0 Å². The van der Waals surface area contributed by atoms with Crippen molar-refractivity contribution in [1.29, 1.82) is 0 Å². The molecule has 0 bridgehead atoms. The fourth-order valence-corrected chi connectivity index (χ4v) is 5.44. The molecule has 0 aliphatic rings. The number of benzene rings is 3. The third-order valence-electron chi connectivity index (χ3n) is 3.96. The number of quaternary nitrogens is 1. The second kappa shape index (κ2) is 12.4. The molecule has 0 radical (unpaired) electrons. The maximum absolute atomic E-state index is 12.1. The van der Waals surface area contributed by atoms with Crippen molar-refractivity contribution in [2.24, 2.45) is 0 Å². The van der Waals surface area contributed by atoms with E-state index in [1.165, 1.54) is 16.9 Å². The van der Waals surface area contributed by atoms with Gasteiger partial charge in [-0.1, -0.05) is 103 Å². The van der Waals surface area contributed by atoms with Gasteiger partial charge in [0.25, 0.3) is 0 Å². The first-order valence-electron chi connectivity index (χ1n) is 9.76. The highest BCUT2D eigenvalue weighted by atomic mass is 32.9. The number of hydrogen-bond donors (Lipinski definition) is 0. The SMILES string of the molecule is C[N+](C)(C)Cc1ccccc1.[O-]P(=S)(OCc1ccccc1)SCc1ccccc1. The van der Waals surface area contributed by atoms with Crippen LogP contribution in [0.1, 0.15) is 16.7 Å². The summed E-state index contributed by atoms with van der Waals surface area (Å²) in [6.45, 7) is 1.39. The van der Waals surface area contributed by atoms with Gasteiger partial charge in [0, 0.05) is 17.0 Å². The van der Waals surface area contributed by atoms with Gasteiger partial charge in [0.1, 0.15) is 6.54 Å². The van der Waals surface area contributed by atoms with Crippen molar-refractivity contribution in [1.82, 2.24) is 0 Å². The molecule has 0 saturated heterocycles. The van der Waals surface area contributed by atoms with Gasteiger partial charge >= 0.3 is 0 Å². The lowest BCUT2D eigenvalue weighted by atomic mass is 10.2. The molecular formula is C24H30NO2PS2. The lowest BCUT2D eigenvalue weighted by molar-refractivity contribution is -0.884. The standard InChI is InChI=1S/C14H15O2PS2.C10H16N/c15-17(18,16-11-13-7-3-1-4-8-13)19-12-14-9-5-2-6-10-14;1-11(2,3)9-10-7-5-4-6-8-10/h1-10H,11-12H2,(H,15,18);4-8H,9H2,1-3H3/q;+1/p-1. The van der Waals surface area contributed by atoms with E-state index >= 15 is 0 Å². The first kappa shape index (κ1) is 24.8. The topological polar surface area (TPSA) is 32.3 Å². The molecule has 0 N–H and O–H groups in total. The molecule has 0 heterocycles. The van der Waals surface area contributed by atoms with Crippen LogP contribution in [0.5, 0.6) is 0 Å². The van der Waals surface area contributed by atoms with E-state index in [-0.39, 0.29) is 0 Å². The van der Waals surface area contributed by atoms with Gasteiger partial charge in [0.15, 0.2) is 0 Å². The van der Waals surface area contributed by atoms with E-state index in [0.717, 1.165) is 22.2 Å². The molecule has 0 aliphatic heterocycles. The van der Waals surface area contributed by atoms with E-state index in [2.05, 4.69) is 51.5 Å². The third-order valence-corrected chi connectivity index (χ3v) is 8.11. The van der Waals surface area contributed by atoms with Crippen molar-refractivity contribution in [2.75, 3.05) is 21.1 Å². The van der Waals surface area contributed by atoms with Crippen molar-refractivity contribution in [3.8, 4) is 0 Å². The Bertz CT molecular complexity index is 853. The molecule has 0 saturated carbocycles. The van der Waals surface area contributed by atoms with Crippen LogP contribution in [0, 0.1) is 0 Å². The first-order chi connectivity index (χ1) is 14.2. The van der Waals surface area contributed by atoms with Crippen LogP contribution in [0.25, 0.3) is 0 Å². The summed E-state index contributed by atoms with van der Waals surface area (Å²) < 4.78 is 6.36. The smallest absolute Gasteiger partial charge is 0.104 e. The third kappa shape index (κ3) is 11.1. The highest BCUT2D eigenvalue weighted by Gasteiger charge is 2.07. The molecular weight excluding hydrogens is 429 g/mol. The van der Waals surface area contributed by atoms with E-state index < -0.39 is 5.69 Å². The summed E-state index contributed by atoms with van der Waals surface area (Å²) in [5.74, 6) is 0.608. The minimum Gasteiger partial charge on any atom is -0.793 e. The molecule has 3 aromatic rings. The lowest BCUT2D eigenvalue weighted by Crippen LogP contribution is -2.33. The number of hydrogen-bond acceptors (Lipinski definition) is 4. The van der Waals surface area contributed by atoms with Gasteiger partial charge in [-0.25, -0.2) is 0 Å². The van der Waals surface area contributed by atoms with Crippen LogP contribution < -0.4 is 4.89 Å². The molecule has 0 aliphatic carbocycles. The second-order valence-electron chi connectivity index (χ2n) is 7.90. The Labute approximate surface area is 190 Å². The minimum absolute atomic E-state index is 0.295. The Morgan fingerprint density at radius 1 is 0.767 bits per heavy atom. The molecule has 30 heavy (non-hydrogen) atoms. The van der Waals surface area contributed by atoms with Crippen molar-refractivity contribution in [2.45, 2.75) is 18.9 Å². The summed E-state index contributed by atoms with van der Waals surface area (Å²) >= 11 is 6.24. The highest BCUT2D eigenvalue weighted by molar-refractivity contribution is 8.66. The quantitative estimate of drug-likeness (QED) is 0.324. The average Bonchev–Trinajstić information content (AvgIpc) is 2.73. The monoisotopic (exact) mass is 459 g/mol. The molecule has 6 heteroatoms. The van der Waals surface area contributed by atoms with Crippen LogP contribution in [0.15, 0.2) is 91.0 Å². The Morgan fingerprint density at radius 2 is 1.20 bits per heavy atom. The summed E-state index contributed by atoms with van der Waals surface area (Å²) in [6, 6.07) is 30.0. The Kier molecular flexibility index (Phi) is 10.3. The number of nitrogens with zero attached hydrogens (tertiary/aromatic N) is 1. The van der Waals surface area contributed by atoms with E-state index in [4.69, 9.17) is 16.3 Å². The highest BCUT2D eigenvalue weighted by Crippen LogP contribution is 2.53. The summed E-state index contributed by atoms with van der Waals surface area (Å²) in [6.07, 6.45) is 0. The van der Waals surface area contributed by atoms with Crippen molar-refractivity contribution in [3.63, 3.8) is 0 Å². The molecule has 0 amide bonds. The van der Waals surface area contributed by atoms with Crippen molar-refractivity contribution in [3.05, 3.63) is 108 Å². The molecule has 160 valence electrons. The summed E-state index contributed by atoms with van der Waals surface area (Å²) in [5.41, 5.74) is 0.457. The second-order valence-corrected chi connectivity index (χ2v) is 14.0. The fraction of sp³-hybridized carbons (Fsp3) is 0.250. The Hall–Kier alpha value is -1.46. The van der Waals surface area contributed by atoms with E-state index in [9.17, 15) is 4.89 Å². The van der Waals surface area contributed by atoms with Gasteiger partial charge < -0.3 is 13.9 Å². The van der Waals surface area contributed by atoms with Crippen LogP contribution in [0.2, 0.25) is 0 Å². The Morgan fingerprint density at radius 3 is 1.67 bits per heavy atom. The molecule has 0 fully saturated rings. The molecule has 3 nitrogen and oxygen atoms in total. The zero-order valence-corrected chi connectivity index (χ0v) is 20.3. The van der Waals surface area contributed by atoms with Crippen LogP contribution in [0.3, 0.4) is 0 Å². The van der Waals surface area contributed by atoms with Crippen LogP contribution >= 0.6 is 17.1 Å². The van der Waals surface area contributed by atoms with E-state index in [1.807, 2.05) is 60.7 Å². The summed E-state index contributed by atoms with van der Waals surface area (Å²) in [5, 5.41) is 0. The average molecular weight is 460 g/mol. The van der Waals surface area contributed by atoms with E-state index in [1.54, 1.807) is 0 Å². The molecule has 1 unspecified atom stereocenters. The van der Waals surface area contributed by atoms with Gasteiger partial charge in [-0.15, -0.1) is 11.4 Å². The summed E-state index contributed by atoms with van der Waals surface area (Å²) in [4.78, 5) is 12.1. The van der Waals surface area contributed by atoms with Gasteiger partial charge in [0.05, 0.1) is 27.7 Å². The molecule has 0 aromatic heterocycles. The van der Waals surface area contributed by atoms with Crippen molar-refractivity contribution >= 4 is 28.9 Å². The van der Waals surface area contributed by atoms with E-state index in [0.29, 0.717) is 12.4 Å². The largest absolute Gasteiger partial charge is 0.793 e. The zero-order chi connectivity index (χ0) is 21.9. The minimum atomic E-state index is -3.02. The van der Waals surface area contributed by atoms with Gasteiger partial charge in [-0.3, -0.25) is 0 Å².